The van der Waals surface area contributed by atoms with Gasteiger partial charge in [-0.3, -0.25) is 14.4 Å². The lowest BCUT2D eigenvalue weighted by Gasteiger charge is -2.34. The van der Waals surface area contributed by atoms with Gasteiger partial charge in [0.1, 0.15) is 24.8 Å². The van der Waals surface area contributed by atoms with Crippen molar-refractivity contribution in [3.05, 3.63) is 34.2 Å². The topological polar surface area (TPSA) is 124 Å². The van der Waals surface area contributed by atoms with Crippen LogP contribution in [0.15, 0.2) is 23.0 Å². The van der Waals surface area contributed by atoms with Gasteiger partial charge in [0, 0.05) is 12.1 Å². The van der Waals surface area contributed by atoms with Crippen LogP contribution in [0.25, 0.3) is 11.0 Å². The van der Waals surface area contributed by atoms with Crippen LogP contribution in [0, 0.1) is 5.92 Å². The molecule has 4 atom stereocenters. The number of nitrogens with zero attached hydrogens (tertiary/aromatic N) is 1. The highest BCUT2D eigenvalue weighted by atomic mass is 35.5. The molecule has 9 nitrogen and oxygen atoms in total. The first-order valence-corrected chi connectivity index (χ1v) is 11.5. The number of Topliss-reactive ketones (excluding diaryl/α,β-unsaturated/α-hetero) is 1. The summed E-state index contributed by atoms with van der Waals surface area (Å²) in [6.45, 7) is 0.175. The van der Waals surface area contributed by atoms with Gasteiger partial charge < -0.3 is 24.9 Å². The third-order valence-electron chi connectivity index (χ3n) is 6.86. The van der Waals surface area contributed by atoms with Gasteiger partial charge in [0.05, 0.1) is 16.4 Å². The Morgan fingerprint density at radius 1 is 1.12 bits per heavy atom. The smallest absolute Gasteiger partial charge is 0.323 e. The maximum absolute atomic E-state index is 13.7. The number of rotatable bonds is 4. The van der Waals surface area contributed by atoms with Crippen LogP contribution >= 0.6 is 11.6 Å². The summed E-state index contributed by atoms with van der Waals surface area (Å²) < 4.78 is 5.51. The second-order valence-corrected chi connectivity index (χ2v) is 9.44. The van der Waals surface area contributed by atoms with Gasteiger partial charge in [-0.1, -0.05) is 19.3 Å². The monoisotopic (exact) mass is 460 g/mol. The molecule has 2 amide bonds. The average Bonchev–Trinajstić information content (AvgIpc) is 3.46. The summed E-state index contributed by atoms with van der Waals surface area (Å²) in [6, 6.07) is 3.41. The van der Waals surface area contributed by atoms with Crippen molar-refractivity contribution in [2.24, 2.45) is 5.92 Å². The van der Waals surface area contributed by atoms with E-state index in [0.29, 0.717) is 16.6 Å². The molecule has 2 aliphatic heterocycles. The number of ketones is 1. The van der Waals surface area contributed by atoms with E-state index in [1.807, 2.05) is 0 Å². The molecule has 3 heterocycles. The van der Waals surface area contributed by atoms with Crippen molar-refractivity contribution in [3.8, 4) is 0 Å². The summed E-state index contributed by atoms with van der Waals surface area (Å²) in [5, 5.41) is 2.48. The Hall–Kier alpha value is -2.65. The van der Waals surface area contributed by atoms with Crippen molar-refractivity contribution < 1.29 is 19.1 Å². The number of alkyl halides is 1. The van der Waals surface area contributed by atoms with Crippen LogP contribution in [0.4, 0.5) is 0 Å². The van der Waals surface area contributed by atoms with E-state index in [-0.39, 0.29) is 36.4 Å². The van der Waals surface area contributed by atoms with Crippen molar-refractivity contribution in [2.45, 2.75) is 55.7 Å². The van der Waals surface area contributed by atoms with Crippen molar-refractivity contribution in [1.29, 1.82) is 0 Å². The second kappa shape index (κ2) is 8.37. The molecule has 10 heteroatoms. The summed E-state index contributed by atoms with van der Waals surface area (Å²) in [6.07, 6.45) is 4.26. The van der Waals surface area contributed by atoms with E-state index >= 15 is 0 Å². The lowest BCUT2D eigenvalue weighted by Crippen LogP contribution is -2.55. The molecule has 5 rings (SSSR count). The van der Waals surface area contributed by atoms with E-state index < -0.39 is 29.5 Å². The van der Waals surface area contributed by atoms with Crippen molar-refractivity contribution >= 4 is 40.2 Å². The van der Waals surface area contributed by atoms with Crippen LogP contribution in [-0.2, 0) is 14.3 Å². The van der Waals surface area contributed by atoms with Crippen LogP contribution in [-0.4, -0.2) is 69.2 Å². The van der Waals surface area contributed by atoms with Gasteiger partial charge >= 0.3 is 5.69 Å². The Bertz CT molecular complexity index is 1120. The molecule has 3 aliphatic rings. The molecule has 1 aromatic heterocycles. The van der Waals surface area contributed by atoms with Gasteiger partial charge in [0.25, 0.3) is 5.91 Å². The minimum absolute atomic E-state index is 0.0127. The SMILES string of the molecule is O=C(N[C@H](C(=O)N1C[C@H](Cl)[C@H]2OCC(=O)[C@H]21)C1CCCCC1)c1ccc2[nH]c(=O)[nH]c2c1. The number of carbonyl (C=O) groups is 3. The van der Waals surface area contributed by atoms with Crippen molar-refractivity contribution in [3.63, 3.8) is 0 Å². The number of nitrogens with one attached hydrogen (secondary N) is 3. The molecular weight excluding hydrogens is 436 g/mol. The highest BCUT2D eigenvalue weighted by molar-refractivity contribution is 6.22. The van der Waals surface area contributed by atoms with Crippen LogP contribution in [0.3, 0.4) is 0 Å². The highest BCUT2D eigenvalue weighted by Gasteiger charge is 2.53. The first-order chi connectivity index (χ1) is 15.4. The molecule has 2 saturated heterocycles. The first kappa shape index (κ1) is 21.2. The molecule has 170 valence electrons. The number of aromatic amines is 2. The molecule has 1 saturated carbocycles. The van der Waals surface area contributed by atoms with Gasteiger partial charge in [-0.2, -0.15) is 0 Å². The zero-order valence-electron chi connectivity index (χ0n) is 17.4. The van der Waals surface area contributed by atoms with Crippen LogP contribution in [0.5, 0.6) is 0 Å². The number of ether oxygens (including phenoxy) is 1. The summed E-state index contributed by atoms with van der Waals surface area (Å²) in [5.41, 5.74) is 1.11. The molecular formula is C22H25ClN4O5. The Balaban J connectivity index is 1.41. The Morgan fingerprint density at radius 2 is 1.88 bits per heavy atom. The van der Waals surface area contributed by atoms with Gasteiger partial charge in [-0.15, -0.1) is 11.6 Å². The van der Waals surface area contributed by atoms with Crippen molar-refractivity contribution in [2.75, 3.05) is 13.2 Å². The second-order valence-electron chi connectivity index (χ2n) is 8.88. The highest BCUT2D eigenvalue weighted by Crippen LogP contribution is 2.34. The minimum Gasteiger partial charge on any atom is -0.366 e. The molecule has 32 heavy (non-hydrogen) atoms. The number of H-pyrrole nitrogens is 2. The van der Waals surface area contributed by atoms with Crippen molar-refractivity contribution in [1.82, 2.24) is 20.2 Å². The van der Waals surface area contributed by atoms with Gasteiger partial charge in [0.2, 0.25) is 5.91 Å². The summed E-state index contributed by atoms with van der Waals surface area (Å²) >= 11 is 6.38. The zero-order chi connectivity index (χ0) is 22.4. The van der Waals surface area contributed by atoms with Gasteiger partial charge in [-0.25, -0.2) is 4.79 Å². The molecule has 3 N–H and O–H groups in total. The number of carbonyl (C=O) groups excluding carboxylic acids is 3. The number of hydrogen-bond donors (Lipinski definition) is 3. The maximum Gasteiger partial charge on any atom is 0.323 e. The lowest BCUT2D eigenvalue weighted by atomic mass is 9.83. The fourth-order valence-corrected chi connectivity index (χ4v) is 5.61. The molecule has 0 bridgehead atoms. The Labute approximate surface area is 188 Å². The Kier molecular flexibility index (Phi) is 5.54. The van der Waals surface area contributed by atoms with E-state index in [9.17, 15) is 19.2 Å². The predicted octanol–water partition coefficient (Wildman–Crippen LogP) is 1.32. The van der Waals surface area contributed by atoms with Gasteiger partial charge in [-0.05, 0) is 37.0 Å². The standard InChI is InChI=1S/C22H25ClN4O5/c23-13-9-27(18-16(28)10-32-19(13)18)21(30)17(11-4-2-1-3-5-11)26-20(29)12-6-7-14-15(8-12)25-22(31)24-14/h6-8,11,13,17-19H,1-5,9-10H2,(H,26,29)(H2,24,25,31)/t13-,17-,18+,19+/m0/s1. The number of likely N-dealkylation sites (tertiary alicyclic amines) is 1. The van der Waals surface area contributed by atoms with E-state index in [2.05, 4.69) is 15.3 Å². The summed E-state index contributed by atoms with van der Waals surface area (Å²) in [4.78, 5) is 57.5. The van der Waals surface area contributed by atoms with E-state index in [0.717, 1.165) is 32.1 Å². The number of amides is 2. The minimum atomic E-state index is -0.750. The average molecular weight is 461 g/mol. The quantitative estimate of drug-likeness (QED) is 0.593. The first-order valence-electron chi connectivity index (χ1n) is 11.0. The number of imidazole rings is 1. The number of benzene rings is 1. The maximum atomic E-state index is 13.7. The van der Waals surface area contributed by atoms with Crippen LogP contribution in [0.1, 0.15) is 42.5 Å². The van der Waals surface area contributed by atoms with Crippen LogP contribution in [0.2, 0.25) is 0 Å². The van der Waals surface area contributed by atoms with E-state index in [1.165, 1.54) is 4.90 Å². The lowest BCUT2D eigenvalue weighted by molar-refractivity contribution is -0.139. The van der Waals surface area contributed by atoms with Gasteiger partial charge in [0.15, 0.2) is 5.78 Å². The molecule has 3 fully saturated rings. The summed E-state index contributed by atoms with van der Waals surface area (Å²) in [5.74, 6) is -0.841. The third-order valence-corrected chi connectivity index (χ3v) is 7.24. The number of aromatic nitrogens is 2. The molecule has 2 aromatic rings. The number of fused-ring (bicyclic) bond motifs is 2. The molecule has 1 aliphatic carbocycles. The Morgan fingerprint density at radius 3 is 2.66 bits per heavy atom. The number of halogens is 1. The zero-order valence-corrected chi connectivity index (χ0v) is 18.2. The van der Waals surface area contributed by atoms with E-state index in [1.54, 1.807) is 18.2 Å². The fourth-order valence-electron chi connectivity index (χ4n) is 5.25. The molecule has 1 aromatic carbocycles. The summed E-state index contributed by atoms with van der Waals surface area (Å²) in [7, 11) is 0. The molecule has 0 spiro atoms. The molecule has 0 radical (unpaired) electrons. The number of hydrogen-bond acceptors (Lipinski definition) is 5. The van der Waals surface area contributed by atoms with Crippen LogP contribution < -0.4 is 11.0 Å². The fraction of sp³-hybridized carbons (Fsp3) is 0.545. The third kappa shape index (κ3) is 3.73. The molecule has 0 unspecified atom stereocenters. The van der Waals surface area contributed by atoms with E-state index in [4.69, 9.17) is 16.3 Å². The predicted molar refractivity (Wildman–Crippen MR) is 117 cm³/mol. The largest absolute Gasteiger partial charge is 0.366 e. The normalized spacial score (nSPS) is 27.0.